The molecule has 0 aromatic heterocycles. The summed E-state index contributed by atoms with van der Waals surface area (Å²) in [6, 6.07) is -0.0940. The third kappa shape index (κ3) is 6.28. The van der Waals surface area contributed by atoms with Gasteiger partial charge in [-0.25, -0.2) is 8.42 Å². The third-order valence-electron chi connectivity index (χ3n) is 1.29. The predicted octanol–water partition coefficient (Wildman–Crippen LogP) is -0.869. The summed E-state index contributed by atoms with van der Waals surface area (Å²) in [5.74, 6) is -0.0784. The Morgan fingerprint density at radius 3 is 2.36 bits per heavy atom. The molecule has 0 aromatic rings. The minimum Gasteiger partial charge on any atom is -0.395 e. The van der Waals surface area contributed by atoms with Crippen LogP contribution in [0.2, 0.25) is 0 Å². The van der Waals surface area contributed by atoms with Crippen LogP contribution in [0.5, 0.6) is 0 Å². The second-order valence-corrected chi connectivity index (χ2v) is 4.95. The lowest BCUT2D eigenvalue weighted by Gasteiger charge is -2.04. The van der Waals surface area contributed by atoms with E-state index >= 15 is 0 Å². The molecule has 3 N–H and O–H groups in total. The van der Waals surface area contributed by atoms with E-state index in [9.17, 15) is 8.42 Å². The standard InChI is InChI=1S/C6H15NO3S/c1-6(7)2-4-11(9,10)5-3-8/h6,8H,2-5,7H2,1H3. The van der Waals surface area contributed by atoms with E-state index in [-0.39, 0.29) is 24.2 Å². The molecular weight excluding hydrogens is 166 g/mol. The number of hydrogen-bond acceptors (Lipinski definition) is 4. The first-order valence-electron chi connectivity index (χ1n) is 3.55. The van der Waals surface area contributed by atoms with Crippen molar-refractivity contribution in [1.82, 2.24) is 0 Å². The summed E-state index contributed by atoms with van der Waals surface area (Å²) in [7, 11) is -3.06. The van der Waals surface area contributed by atoms with E-state index in [1.807, 2.05) is 0 Å². The fourth-order valence-corrected chi connectivity index (χ4v) is 1.82. The van der Waals surface area contributed by atoms with E-state index in [2.05, 4.69) is 0 Å². The molecule has 0 bridgehead atoms. The molecule has 0 aromatic carbocycles. The van der Waals surface area contributed by atoms with E-state index in [1.165, 1.54) is 0 Å². The summed E-state index contributed by atoms with van der Waals surface area (Å²) < 4.78 is 21.8. The fraction of sp³-hybridized carbons (Fsp3) is 1.00. The van der Waals surface area contributed by atoms with Crippen molar-refractivity contribution in [3.05, 3.63) is 0 Å². The van der Waals surface area contributed by atoms with Gasteiger partial charge in [-0.3, -0.25) is 0 Å². The third-order valence-corrected chi connectivity index (χ3v) is 2.95. The Morgan fingerprint density at radius 2 is 2.00 bits per heavy atom. The van der Waals surface area contributed by atoms with Gasteiger partial charge < -0.3 is 10.8 Å². The number of hydrogen-bond donors (Lipinski definition) is 2. The van der Waals surface area contributed by atoms with Crippen LogP contribution in [0.1, 0.15) is 13.3 Å². The van der Waals surface area contributed by atoms with E-state index < -0.39 is 9.84 Å². The monoisotopic (exact) mass is 181 g/mol. The molecule has 0 saturated heterocycles. The molecule has 0 aliphatic heterocycles. The van der Waals surface area contributed by atoms with E-state index in [1.54, 1.807) is 6.92 Å². The average Bonchev–Trinajstić information content (AvgIpc) is 1.84. The lowest BCUT2D eigenvalue weighted by molar-refractivity contribution is 0.319. The van der Waals surface area contributed by atoms with Crippen LogP contribution < -0.4 is 5.73 Å². The lowest BCUT2D eigenvalue weighted by atomic mass is 10.3. The summed E-state index contributed by atoms with van der Waals surface area (Å²) >= 11 is 0. The van der Waals surface area contributed by atoms with Crippen LogP contribution in [0.25, 0.3) is 0 Å². The molecule has 1 unspecified atom stereocenters. The van der Waals surface area contributed by atoms with Gasteiger partial charge >= 0.3 is 0 Å². The molecule has 0 saturated carbocycles. The van der Waals surface area contributed by atoms with Gasteiger partial charge in [-0.2, -0.15) is 0 Å². The van der Waals surface area contributed by atoms with Crippen LogP contribution in [0.3, 0.4) is 0 Å². The van der Waals surface area contributed by atoms with Crippen molar-refractivity contribution in [2.24, 2.45) is 5.73 Å². The van der Waals surface area contributed by atoms with Gasteiger partial charge in [0.25, 0.3) is 0 Å². The first kappa shape index (κ1) is 10.9. The van der Waals surface area contributed by atoms with Crippen LogP contribution in [0.4, 0.5) is 0 Å². The molecule has 11 heavy (non-hydrogen) atoms. The fourth-order valence-electron chi connectivity index (χ4n) is 0.607. The van der Waals surface area contributed by atoms with Crippen molar-refractivity contribution < 1.29 is 13.5 Å². The smallest absolute Gasteiger partial charge is 0.152 e. The second kappa shape index (κ2) is 4.69. The Morgan fingerprint density at radius 1 is 1.45 bits per heavy atom. The van der Waals surface area contributed by atoms with Crippen molar-refractivity contribution in [2.75, 3.05) is 18.1 Å². The van der Waals surface area contributed by atoms with Crippen molar-refractivity contribution in [3.63, 3.8) is 0 Å². The van der Waals surface area contributed by atoms with E-state index in [0.29, 0.717) is 6.42 Å². The minimum absolute atomic E-state index is 0.0746. The quantitative estimate of drug-likeness (QED) is 0.578. The molecule has 0 radical (unpaired) electrons. The maximum Gasteiger partial charge on any atom is 0.152 e. The highest BCUT2D eigenvalue weighted by Crippen LogP contribution is 1.95. The SMILES string of the molecule is CC(N)CCS(=O)(=O)CCO. The number of sulfone groups is 1. The maximum absolute atomic E-state index is 10.9. The first-order chi connectivity index (χ1) is 4.98. The second-order valence-electron chi connectivity index (χ2n) is 2.64. The molecule has 0 fully saturated rings. The van der Waals surface area contributed by atoms with E-state index in [0.717, 1.165) is 0 Å². The molecular formula is C6H15NO3S. The molecule has 0 heterocycles. The molecule has 0 aliphatic rings. The van der Waals surface area contributed by atoms with Gasteiger partial charge in [-0.05, 0) is 13.3 Å². The van der Waals surface area contributed by atoms with Gasteiger partial charge in [0.1, 0.15) is 0 Å². The average molecular weight is 181 g/mol. The summed E-state index contributed by atoms with van der Waals surface area (Å²) in [4.78, 5) is 0. The van der Waals surface area contributed by atoms with Crippen molar-refractivity contribution in [3.8, 4) is 0 Å². The Kier molecular flexibility index (Phi) is 4.63. The highest BCUT2D eigenvalue weighted by molar-refractivity contribution is 7.91. The summed E-state index contributed by atoms with van der Waals surface area (Å²) in [5.41, 5.74) is 5.37. The Balaban J connectivity index is 3.74. The van der Waals surface area contributed by atoms with Crippen LogP contribution >= 0.6 is 0 Å². The zero-order valence-corrected chi connectivity index (χ0v) is 7.47. The zero-order chi connectivity index (χ0) is 8.91. The Hall–Kier alpha value is -0.130. The van der Waals surface area contributed by atoms with E-state index in [4.69, 9.17) is 10.8 Å². The highest BCUT2D eigenvalue weighted by Gasteiger charge is 2.10. The summed E-state index contributed by atoms with van der Waals surface area (Å²) in [6.45, 7) is 1.45. The lowest BCUT2D eigenvalue weighted by Crippen LogP contribution is -2.22. The molecule has 68 valence electrons. The number of aliphatic hydroxyl groups is 1. The van der Waals surface area contributed by atoms with Gasteiger partial charge in [0.2, 0.25) is 0 Å². The summed E-state index contributed by atoms with van der Waals surface area (Å²) in [5, 5.41) is 8.36. The molecule has 5 heteroatoms. The Bertz CT molecular complexity index is 186. The highest BCUT2D eigenvalue weighted by atomic mass is 32.2. The van der Waals surface area contributed by atoms with Gasteiger partial charge in [0, 0.05) is 6.04 Å². The number of nitrogens with two attached hydrogens (primary N) is 1. The molecule has 1 atom stereocenters. The largest absolute Gasteiger partial charge is 0.395 e. The number of rotatable bonds is 5. The minimum atomic E-state index is -3.06. The van der Waals surface area contributed by atoms with Gasteiger partial charge in [-0.15, -0.1) is 0 Å². The first-order valence-corrected chi connectivity index (χ1v) is 5.37. The van der Waals surface area contributed by atoms with Crippen molar-refractivity contribution >= 4 is 9.84 Å². The van der Waals surface area contributed by atoms with Gasteiger partial charge in [0.15, 0.2) is 9.84 Å². The summed E-state index contributed by atoms with van der Waals surface area (Å²) in [6.07, 6.45) is 0.461. The van der Waals surface area contributed by atoms with Crippen LogP contribution in [-0.2, 0) is 9.84 Å². The maximum atomic E-state index is 10.9. The Labute approximate surface area is 67.3 Å². The van der Waals surface area contributed by atoms with Crippen LogP contribution in [0, 0.1) is 0 Å². The normalized spacial score (nSPS) is 14.8. The predicted molar refractivity (Wildman–Crippen MR) is 44.0 cm³/mol. The molecule has 4 nitrogen and oxygen atoms in total. The zero-order valence-electron chi connectivity index (χ0n) is 6.66. The molecule has 0 amide bonds. The van der Waals surface area contributed by atoms with Crippen LogP contribution in [0.15, 0.2) is 0 Å². The van der Waals surface area contributed by atoms with Crippen molar-refractivity contribution in [1.29, 1.82) is 0 Å². The molecule has 0 spiro atoms. The van der Waals surface area contributed by atoms with Crippen molar-refractivity contribution in [2.45, 2.75) is 19.4 Å². The number of aliphatic hydroxyl groups excluding tert-OH is 1. The van der Waals surface area contributed by atoms with Gasteiger partial charge in [-0.1, -0.05) is 0 Å². The van der Waals surface area contributed by atoms with Gasteiger partial charge in [0.05, 0.1) is 18.1 Å². The molecule has 0 aliphatic carbocycles. The topological polar surface area (TPSA) is 80.4 Å². The van der Waals surface area contributed by atoms with Crippen LogP contribution in [-0.4, -0.2) is 37.7 Å². The molecule has 0 rings (SSSR count).